The summed E-state index contributed by atoms with van der Waals surface area (Å²) in [5, 5.41) is 8.37. The van der Waals surface area contributed by atoms with Crippen LogP contribution in [0, 0.1) is 0 Å². The minimum atomic E-state index is -0.436. The maximum Gasteiger partial charge on any atom is 0.111 e. The van der Waals surface area contributed by atoms with Gasteiger partial charge in [-0.2, -0.15) is 0 Å². The average molecular weight is 155 g/mol. The molecule has 0 aromatic rings. The Balaban J connectivity index is 3.25. The molecule has 0 unspecified atom stereocenters. The van der Waals surface area contributed by atoms with Crippen LogP contribution in [0.5, 0.6) is 0 Å². The molecule has 0 aromatic carbocycles. The minimum Gasteiger partial charge on any atom is -0.392 e. The summed E-state index contributed by atoms with van der Waals surface area (Å²) in [4.78, 5) is -0.436. The highest BCUT2D eigenvalue weighted by molar-refractivity contribution is 6.44. The second-order valence-electron chi connectivity index (χ2n) is 1.50. The normalized spacial score (nSPS) is 10.0. The smallest absolute Gasteiger partial charge is 0.111 e. The second-order valence-corrected chi connectivity index (χ2v) is 2.78. The van der Waals surface area contributed by atoms with Gasteiger partial charge >= 0.3 is 0 Å². The maximum absolute atomic E-state index is 8.37. The molecule has 0 amide bonds. The van der Waals surface area contributed by atoms with E-state index >= 15 is 0 Å². The topological polar surface area (TPSA) is 20.2 Å². The third-order valence-electron chi connectivity index (χ3n) is 0.667. The van der Waals surface area contributed by atoms with Crippen molar-refractivity contribution in [2.24, 2.45) is 0 Å². The Morgan fingerprint density at radius 2 is 2.12 bits per heavy atom. The number of hydrogen-bond donors (Lipinski definition) is 1. The molecule has 8 heavy (non-hydrogen) atoms. The molecule has 3 heteroatoms. The van der Waals surface area contributed by atoms with Crippen molar-refractivity contribution >= 4 is 23.2 Å². The van der Waals surface area contributed by atoms with Gasteiger partial charge < -0.3 is 5.11 Å². The fourth-order valence-corrected chi connectivity index (χ4v) is 0.719. The zero-order valence-corrected chi connectivity index (χ0v) is 5.91. The van der Waals surface area contributed by atoms with Gasteiger partial charge in [-0.1, -0.05) is 6.58 Å². The van der Waals surface area contributed by atoms with Crippen molar-refractivity contribution in [3.05, 3.63) is 12.2 Å². The number of aliphatic hydroxyl groups is 1. The minimum absolute atomic E-state index is 0.0318. The van der Waals surface area contributed by atoms with E-state index in [1.54, 1.807) is 0 Å². The summed E-state index contributed by atoms with van der Waals surface area (Å²) in [5.41, 5.74) is 0.667. The number of alkyl halides is 2. The molecule has 0 rings (SSSR count). The van der Waals surface area contributed by atoms with Crippen LogP contribution in [-0.4, -0.2) is 16.5 Å². The predicted octanol–water partition coefficient (Wildman–Crippen LogP) is 1.73. The molecule has 0 radical (unpaired) electrons. The summed E-state index contributed by atoms with van der Waals surface area (Å²) >= 11 is 10.7. The van der Waals surface area contributed by atoms with Crippen LogP contribution in [0.4, 0.5) is 0 Å². The highest BCUT2D eigenvalue weighted by Crippen LogP contribution is 2.11. The quantitative estimate of drug-likeness (QED) is 0.486. The van der Waals surface area contributed by atoms with Gasteiger partial charge in [0.05, 0.1) is 6.61 Å². The van der Waals surface area contributed by atoms with Crippen LogP contribution in [0.3, 0.4) is 0 Å². The summed E-state index contributed by atoms with van der Waals surface area (Å²) in [6.07, 6.45) is 0.472. The third-order valence-corrected chi connectivity index (χ3v) is 0.975. The van der Waals surface area contributed by atoms with Gasteiger partial charge in [-0.3, -0.25) is 0 Å². The summed E-state index contributed by atoms with van der Waals surface area (Å²) in [7, 11) is 0. The van der Waals surface area contributed by atoms with Gasteiger partial charge in [0.25, 0.3) is 0 Å². The SMILES string of the molecule is C=C(CO)CC(Cl)Cl. The zero-order chi connectivity index (χ0) is 6.57. The van der Waals surface area contributed by atoms with Crippen LogP contribution in [0.25, 0.3) is 0 Å². The lowest BCUT2D eigenvalue weighted by molar-refractivity contribution is 0.328. The molecule has 0 saturated carbocycles. The molecule has 0 aliphatic heterocycles. The summed E-state index contributed by atoms with van der Waals surface area (Å²) in [6, 6.07) is 0. The summed E-state index contributed by atoms with van der Waals surface area (Å²) < 4.78 is 0. The van der Waals surface area contributed by atoms with Crippen molar-refractivity contribution in [2.45, 2.75) is 11.3 Å². The van der Waals surface area contributed by atoms with Crippen molar-refractivity contribution < 1.29 is 5.11 Å². The molecule has 1 N–H and O–H groups in total. The fraction of sp³-hybridized carbons (Fsp3) is 0.600. The molecular weight excluding hydrogens is 147 g/mol. The van der Waals surface area contributed by atoms with Crippen molar-refractivity contribution in [1.82, 2.24) is 0 Å². The van der Waals surface area contributed by atoms with E-state index in [4.69, 9.17) is 28.3 Å². The van der Waals surface area contributed by atoms with Crippen LogP contribution in [0.15, 0.2) is 12.2 Å². The Bertz CT molecular complexity index is 80.5. The van der Waals surface area contributed by atoms with Crippen molar-refractivity contribution in [1.29, 1.82) is 0 Å². The van der Waals surface area contributed by atoms with E-state index in [0.29, 0.717) is 12.0 Å². The molecule has 0 aliphatic carbocycles. The van der Waals surface area contributed by atoms with E-state index in [9.17, 15) is 0 Å². The molecule has 0 fully saturated rings. The van der Waals surface area contributed by atoms with Gasteiger partial charge in [0.15, 0.2) is 0 Å². The summed E-state index contributed by atoms with van der Waals surface area (Å²) in [6.45, 7) is 3.46. The standard InChI is InChI=1S/C5H8Cl2O/c1-4(3-8)2-5(6)7/h5,8H,1-3H2. The van der Waals surface area contributed by atoms with Crippen LogP contribution >= 0.6 is 23.2 Å². The molecule has 0 saturated heterocycles. The molecule has 0 atom stereocenters. The van der Waals surface area contributed by atoms with Crippen LogP contribution in [-0.2, 0) is 0 Å². The van der Waals surface area contributed by atoms with Gasteiger partial charge in [0, 0.05) is 6.42 Å². The van der Waals surface area contributed by atoms with Gasteiger partial charge in [0.2, 0.25) is 0 Å². The molecular formula is C5H8Cl2O. The Morgan fingerprint density at radius 1 is 1.62 bits per heavy atom. The van der Waals surface area contributed by atoms with Crippen LogP contribution in [0.2, 0.25) is 0 Å². The van der Waals surface area contributed by atoms with Gasteiger partial charge in [-0.05, 0) is 5.57 Å². The molecule has 0 spiro atoms. The van der Waals surface area contributed by atoms with E-state index in [1.165, 1.54) is 0 Å². The Morgan fingerprint density at radius 3 is 2.25 bits per heavy atom. The largest absolute Gasteiger partial charge is 0.392 e. The molecule has 48 valence electrons. The highest BCUT2D eigenvalue weighted by atomic mass is 35.5. The lowest BCUT2D eigenvalue weighted by Gasteiger charge is -1.99. The van der Waals surface area contributed by atoms with Crippen LogP contribution in [0.1, 0.15) is 6.42 Å². The highest BCUT2D eigenvalue weighted by Gasteiger charge is 1.99. The lowest BCUT2D eigenvalue weighted by Crippen LogP contribution is -1.93. The first-order valence-corrected chi connectivity index (χ1v) is 3.09. The third kappa shape index (κ3) is 4.44. The van der Waals surface area contributed by atoms with Crippen molar-refractivity contribution in [3.63, 3.8) is 0 Å². The molecule has 0 heterocycles. The predicted molar refractivity (Wildman–Crippen MR) is 36.3 cm³/mol. The number of aliphatic hydroxyl groups excluding tert-OH is 1. The molecule has 1 nitrogen and oxygen atoms in total. The first-order valence-electron chi connectivity index (χ1n) is 2.22. The van der Waals surface area contributed by atoms with Crippen LogP contribution < -0.4 is 0 Å². The zero-order valence-electron chi connectivity index (χ0n) is 4.40. The Kier molecular flexibility index (Phi) is 4.33. The number of rotatable bonds is 3. The molecule has 0 aliphatic rings. The lowest BCUT2D eigenvalue weighted by atomic mass is 10.2. The van der Waals surface area contributed by atoms with E-state index in [-0.39, 0.29) is 6.61 Å². The van der Waals surface area contributed by atoms with Gasteiger partial charge in [-0.25, -0.2) is 0 Å². The first kappa shape index (κ1) is 8.28. The van der Waals surface area contributed by atoms with E-state index in [0.717, 1.165) is 0 Å². The van der Waals surface area contributed by atoms with Crippen molar-refractivity contribution in [2.75, 3.05) is 6.61 Å². The van der Waals surface area contributed by atoms with E-state index < -0.39 is 4.84 Å². The van der Waals surface area contributed by atoms with E-state index in [2.05, 4.69) is 6.58 Å². The van der Waals surface area contributed by atoms with Crippen molar-refractivity contribution in [3.8, 4) is 0 Å². The molecule has 0 aromatic heterocycles. The first-order chi connectivity index (χ1) is 3.66. The Hall–Kier alpha value is 0.280. The summed E-state index contributed by atoms with van der Waals surface area (Å²) in [5.74, 6) is 0. The second kappa shape index (κ2) is 4.19. The van der Waals surface area contributed by atoms with Gasteiger partial charge in [0.1, 0.15) is 4.84 Å². The molecule has 0 bridgehead atoms. The number of halogens is 2. The van der Waals surface area contributed by atoms with Gasteiger partial charge in [-0.15, -0.1) is 23.2 Å². The maximum atomic E-state index is 8.37. The average Bonchev–Trinajstić information content (AvgIpc) is 1.65. The Labute approximate surface area is 58.9 Å². The van der Waals surface area contributed by atoms with E-state index in [1.807, 2.05) is 0 Å². The number of hydrogen-bond acceptors (Lipinski definition) is 1. The fourth-order valence-electron chi connectivity index (χ4n) is 0.283. The monoisotopic (exact) mass is 154 g/mol.